The zero-order valence-electron chi connectivity index (χ0n) is 17.0. The molecule has 154 valence electrons. The van der Waals surface area contributed by atoms with E-state index in [2.05, 4.69) is 12.1 Å². The second-order valence-corrected chi connectivity index (χ2v) is 6.55. The van der Waals surface area contributed by atoms with Crippen LogP contribution in [0.15, 0.2) is 78.0 Å². The molecule has 0 aliphatic heterocycles. The molecule has 0 spiro atoms. The monoisotopic (exact) mass is 404 g/mol. The van der Waals surface area contributed by atoms with E-state index in [4.69, 9.17) is 20.0 Å². The maximum absolute atomic E-state index is 12.4. The number of amidine groups is 1. The van der Waals surface area contributed by atoms with Gasteiger partial charge in [-0.1, -0.05) is 66.7 Å². The van der Waals surface area contributed by atoms with E-state index in [-0.39, 0.29) is 11.4 Å². The highest BCUT2D eigenvalue weighted by atomic mass is 16.7. The third-order valence-corrected chi connectivity index (χ3v) is 4.52. The average molecular weight is 404 g/mol. The molecule has 0 atom stereocenters. The van der Waals surface area contributed by atoms with Gasteiger partial charge in [-0.05, 0) is 35.7 Å². The fourth-order valence-electron chi connectivity index (χ4n) is 2.76. The largest absolute Gasteiger partial charge is 0.493 e. The lowest BCUT2D eigenvalue weighted by Crippen LogP contribution is -2.15. The van der Waals surface area contributed by atoms with Crippen LogP contribution in [0.2, 0.25) is 0 Å². The fourth-order valence-corrected chi connectivity index (χ4v) is 2.76. The molecule has 0 bridgehead atoms. The van der Waals surface area contributed by atoms with E-state index >= 15 is 0 Å². The molecular formula is C24H24N2O4. The van der Waals surface area contributed by atoms with Gasteiger partial charge in [-0.3, -0.25) is 0 Å². The van der Waals surface area contributed by atoms with Gasteiger partial charge in [-0.2, -0.15) is 0 Å². The molecule has 6 heteroatoms. The minimum atomic E-state index is -0.643. The van der Waals surface area contributed by atoms with Gasteiger partial charge >= 0.3 is 5.97 Å². The second-order valence-electron chi connectivity index (χ2n) is 6.55. The summed E-state index contributed by atoms with van der Waals surface area (Å²) in [6, 6.07) is 22.2. The average Bonchev–Trinajstić information content (AvgIpc) is 2.81. The van der Waals surface area contributed by atoms with Crippen molar-refractivity contribution in [2.45, 2.75) is 20.0 Å². The highest BCUT2D eigenvalue weighted by molar-refractivity contribution is 5.98. The molecule has 3 aromatic carbocycles. The van der Waals surface area contributed by atoms with Crippen molar-refractivity contribution < 1.29 is 19.1 Å². The molecule has 0 aliphatic carbocycles. The minimum Gasteiger partial charge on any atom is -0.493 e. The summed E-state index contributed by atoms with van der Waals surface area (Å²) >= 11 is 0. The number of carbonyl (C=O) groups excluding carboxylic acids is 1. The quantitative estimate of drug-likeness (QED) is 0.262. The van der Waals surface area contributed by atoms with Crippen molar-refractivity contribution in [2.75, 3.05) is 7.11 Å². The third kappa shape index (κ3) is 5.38. The van der Waals surface area contributed by atoms with Gasteiger partial charge in [0.2, 0.25) is 0 Å². The van der Waals surface area contributed by atoms with Crippen LogP contribution in [-0.2, 0) is 17.9 Å². The Bertz CT molecular complexity index is 1020. The number of hydrogen-bond donors (Lipinski definition) is 1. The van der Waals surface area contributed by atoms with E-state index in [0.29, 0.717) is 23.7 Å². The number of benzene rings is 3. The van der Waals surface area contributed by atoms with Crippen molar-refractivity contribution >= 4 is 11.8 Å². The molecule has 0 fully saturated rings. The van der Waals surface area contributed by atoms with E-state index in [9.17, 15) is 4.79 Å². The smallest absolute Gasteiger partial charge is 0.365 e. The molecule has 0 saturated carbocycles. The molecular weight excluding hydrogens is 380 g/mol. The van der Waals surface area contributed by atoms with Crippen molar-refractivity contribution in [3.8, 4) is 11.5 Å². The number of hydrogen-bond acceptors (Lipinski definition) is 5. The molecule has 6 nitrogen and oxygen atoms in total. The normalized spacial score (nSPS) is 11.1. The van der Waals surface area contributed by atoms with Crippen LogP contribution in [0.3, 0.4) is 0 Å². The van der Waals surface area contributed by atoms with E-state index < -0.39 is 5.97 Å². The first kappa shape index (κ1) is 20.9. The van der Waals surface area contributed by atoms with Crippen LogP contribution < -0.4 is 15.2 Å². The summed E-state index contributed by atoms with van der Waals surface area (Å²) < 4.78 is 11.1. The van der Waals surface area contributed by atoms with Crippen molar-refractivity contribution in [1.82, 2.24) is 0 Å². The number of oxime groups is 1. The maximum Gasteiger partial charge on any atom is 0.365 e. The SMILES string of the molecule is CCc1ccc(C(N)=NOC(=O)c2ccc(OCc3ccccc3)c(OC)c2)cc1. The van der Waals surface area contributed by atoms with Crippen molar-refractivity contribution in [1.29, 1.82) is 0 Å². The Morgan fingerprint density at radius 3 is 2.27 bits per heavy atom. The lowest BCUT2D eigenvalue weighted by molar-refractivity contribution is 0.0515. The van der Waals surface area contributed by atoms with Crippen molar-refractivity contribution in [2.24, 2.45) is 10.9 Å². The Balaban J connectivity index is 1.66. The molecule has 0 aliphatic rings. The van der Waals surface area contributed by atoms with Crippen LogP contribution in [0.5, 0.6) is 11.5 Å². The first-order valence-corrected chi connectivity index (χ1v) is 9.59. The van der Waals surface area contributed by atoms with Crippen LogP contribution in [0.4, 0.5) is 0 Å². The molecule has 3 rings (SSSR count). The maximum atomic E-state index is 12.4. The van der Waals surface area contributed by atoms with Crippen LogP contribution in [0.1, 0.15) is 34.0 Å². The molecule has 2 N–H and O–H groups in total. The van der Waals surface area contributed by atoms with Gasteiger partial charge in [-0.15, -0.1) is 0 Å². The van der Waals surface area contributed by atoms with Gasteiger partial charge < -0.3 is 20.0 Å². The van der Waals surface area contributed by atoms with E-state index in [1.807, 2.05) is 54.6 Å². The molecule has 0 radical (unpaired) electrons. The highest BCUT2D eigenvalue weighted by Gasteiger charge is 2.13. The summed E-state index contributed by atoms with van der Waals surface area (Å²) in [4.78, 5) is 17.4. The Hall–Kier alpha value is -3.80. The van der Waals surface area contributed by atoms with Crippen molar-refractivity contribution in [3.63, 3.8) is 0 Å². The minimum absolute atomic E-state index is 0.126. The van der Waals surface area contributed by atoms with Gasteiger partial charge in [0.1, 0.15) is 6.61 Å². The van der Waals surface area contributed by atoms with E-state index in [1.165, 1.54) is 12.7 Å². The molecule has 3 aromatic rings. The molecule has 0 saturated heterocycles. The topological polar surface area (TPSA) is 83.1 Å². The number of aryl methyl sites for hydroxylation is 1. The van der Waals surface area contributed by atoms with Gasteiger partial charge in [0.15, 0.2) is 17.3 Å². The van der Waals surface area contributed by atoms with Gasteiger partial charge in [0, 0.05) is 5.56 Å². The van der Waals surface area contributed by atoms with Gasteiger partial charge in [0.05, 0.1) is 12.7 Å². The number of rotatable bonds is 8. The van der Waals surface area contributed by atoms with Crippen LogP contribution >= 0.6 is 0 Å². The Kier molecular flexibility index (Phi) is 7.05. The van der Waals surface area contributed by atoms with Crippen LogP contribution in [-0.4, -0.2) is 18.9 Å². The lowest BCUT2D eigenvalue weighted by atomic mass is 10.1. The number of nitrogens with zero attached hydrogens (tertiary/aromatic N) is 1. The van der Waals surface area contributed by atoms with Gasteiger partial charge in [-0.25, -0.2) is 4.79 Å². The molecule has 0 amide bonds. The number of carbonyl (C=O) groups is 1. The predicted molar refractivity (Wildman–Crippen MR) is 116 cm³/mol. The van der Waals surface area contributed by atoms with Crippen molar-refractivity contribution in [3.05, 3.63) is 95.1 Å². The number of ether oxygens (including phenoxy) is 2. The van der Waals surface area contributed by atoms with E-state index in [1.54, 1.807) is 18.2 Å². The van der Waals surface area contributed by atoms with E-state index in [0.717, 1.165) is 12.0 Å². The molecule has 0 unspecified atom stereocenters. The predicted octanol–water partition coefficient (Wildman–Crippen LogP) is 4.31. The third-order valence-electron chi connectivity index (χ3n) is 4.52. The number of methoxy groups -OCH3 is 1. The Morgan fingerprint density at radius 2 is 1.60 bits per heavy atom. The highest BCUT2D eigenvalue weighted by Crippen LogP contribution is 2.29. The lowest BCUT2D eigenvalue weighted by Gasteiger charge is -2.11. The standard InChI is InChI=1S/C24H24N2O4/c1-3-17-9-11-19(12-10-17)23(25)26-30-24(27)20-13-14-21(22(15-20)28-2)29-16-18-7-5-4-6-8-18/h4-15H,3,16H2,1-2H3,(H2,25,26). The summed E-state index contributed by atoms with van der Waals surface area (Å²) in [6.45, 7) is 2.46. The van der Waals surface area contributed by atoms with Gasteiger partial charge in [0.25, 0.3) is 0 Å². The summed E-state index contributed by atoms with van der Waals surface area (Å²) in [7, 11) is 1.51. The summed E-state index contributed by atoms with van der Waals surface area (Å²) in [5.41, 5.74) is 9.09. The molecule has 30 heavy (non-hydrogen) atoms. The summed E-state index contributed by atoms with van der Waals surface area (Å²) in [5, 5.41) is 3.75. The Labute approximate surface area is 175 Å². The first-order valence-electron chi connectivity index (χ1n) is 9.59. The Morgan fingerprint density at radius 1 is 0.900 bits per heavy atom. The zero-order chi connectivity index (χ0) is 21.3. The summed E-state index contributed by atoms with van der Waals surface area (Å²) in [5.74, 6) is 0.432. The fraction of sp³-hybridized carbons (Fsp3) is 0.167. The summed E-state index contributed by atoms with van der Waals surface area (Å²) in [6.07, 6.45) is 0.930. The van der Waals surface area contributed by atoms with Crippen LogP contribution in [0, 0.1) is 0 Å². The molecule has 0 heterocycles. The van der Waals surface area contributed by atoms with Crippen LogP contribution in [0.25, 0.3) is 0 Å². The number of nitrogens with two attached hydrogens (primary N) is 1. The zero-order valence-corrected chi connectivity index (χ0v) is 17.0. The second kappa shape index (κ2) is 10.1. The first-order chi connectivity index (χ1) is 14.6. The molecule has 0 aromatic heterocycles.